The van der Waals surface area contributed by atoms with Gasteiger partial charge in [-0.25, -0.2) is 9.13 Å². The molecule has 0 unspecified atom stereocenters. The zero-order chi connectivity index (χ0) is 34.2. The van der Waals surface area contributed by atoms with Crippen LogP contribution in [0.3, 0.4) is 0 Å². The quantitative estimate of drug-likeness (QED) is 0.169. The van der Waals surface area contributed by atoms with Crippen LogP contribution in [0.2, 0.25) is 0 Å². The van der Waals surface area contributed by atoms with Crippen LogP contribution in [-0.4, -0.2) is 0 Å². The molecule has 0 atom stereocenters. The zero-order valence-corrected chi connectivity index (χ0v) is 30.8. The van der Waals surface area contributed by atoms with Gasteiger partial charge in [-0.05, 0) is 128 Å². The minimum Gasteiger partial charge on any atom is -0.200 e. The van der Waals surface area contributed by atoms with Gasteiger partial charge in [-0.3, -0.25) is 0 Å². The Labute approximate surface area is 283 Å². The molecule has 0 bridgehead atoms. The standard InChI is InChI=1S/C23H28N.C22H26N/c1-15(2)11-19-7-8-21-20(14-19)9-10-24(6)23(21)22-13-16(3)12-17(4)18(22)5;1-14(2)18-7-8-20-19(13-18)9-10-23(6)22(20)21-12-15(3)11-16(4)17(21)5/h7-10,12-15H,11H2,1-6H3;7-14H,1-6H3/q2*+1. The number of aryl methyl sites for hydroxylation is 6. The highest BCUT2D eigenvalue weighted by Crippen LogP contribution is 2.33. The van der Waals surface area contributed by atoms with Gasteiger partial charge in [0.15, 0.2) is 12.4 Å². The molecule has 2 heterocycles. The second-order valence-electron chi connectivity index (χ2n) is 14.6. The molecule has 0 spiro atoms. The number of benzene rings is 4. The molecular formula is C45H54N2+2. The van der Waals surface area contributed by atoms with Crippen LogP contribution in [-0.2, 0) is 20.5 Å². The number of rotatable bonds is 5. The zero-order valence-electron chi connectivity index (χ0n) is 30.8. The third-order valence-electron chi connectivity index (χ3n) is 9.81. The highest BCUT2D eigenvalue weighted by atomic mass is 14.9. The summed E-state index contributed by atoms with van der Waals surface area (Å²) in [6.45, 7) is 22.3. The van der Waals surface area contributed by atoms with Gasteiger partial charge in [0, 0.05) is 12.1 Å². The van der Waals surface area contributed by atoms with Gasteiger partial charge in [0.25, 0.3) is 0 Å². The van der Waals surface area contributed by atoms with E-state index in [0.717, 1.165) is 6.42 Å². The molecule has 0 aliphatic carbocycles. The topological polar surface area (TPSA) is 7.76 Å². The van der Waals surface area contributed by atoms with Gasteiger partial charge < -0.3 is 0 Å². The summed E-state index contributed by atoms with van der Waals surface area (Å²) >= 11 is 0. The summed E-state index contributed by atoms with van der Waals surface area (Å²) in [5.74, 6) is 1.24. The van der Waals surface area contributed by atoms with E-state index in [4.69, 9.17) is 0 Å². The fraction of sp³-hybridized carbons (Fsp3) is 0.333. The smallest absolute Gasteiger partial charge is 0.200 e. The summed E-state index contributed by atoms with van der Waals surface area (Å²) in [5.41, 5.74) is 16.2. The lowest BCUT2D eigenvalue weighted by molar-refractivity contribution is -0.659. The number of hydrogen-bond acceptors (Lipinski definition) is 0. The van der Waals surface area contributed by atoms with E-state index in [0.29, 0.717) is 11.8 Å². The van der Waals surface area contributed by atoms with Crippen LogP contribution in [0.15, 0.2) is 85.2 Å². The third kappa shape index (κ3) is 7.18. The van der Waals surface area contributed by atoms with Gasteiger partial charge >= 0.3 is 0 Å². The largest absolute Gasteiger partial charge is 0.220 e. The lowest BCUT2D eigenvalue weighted by Crippen LogP contribution is -2.30. The number of fused-ring (bicyclic) bond motifs is 2. The molecule has 0 amide bonds. The van der Waals surface area contributed by atoms with Gasteiger partial charge in [0.1, 0.15) is 14.1 Å². The van der Waals surface area contributed by atoms with Crippen LogP contribution >= 0.6 is 0 Å². The van der Waals surface area contributed by atoms with Crippen LogP contribution in [0, 0.1) is 47.5 Å². The summed E-state index contributed by atoms with van der Waals surface area (Å²) in [4.78, 5) is 0. The molecule has 242 valence electrons. The molecule has 0 fully saturated rings. The van der Waals surface area contributed by atoms with Gasteiger partial charge in [0.2, 0.25) is 11.4 Å². The highest BCUT2D eigenvalue weighted by Gasteiger charge is 2.20. The van der Waals surface area contributed by atoms with Crippen molar-refractivity contribution < 1.29 is 9.13 Å². The first-order chi connectivity index (χ1) is 22.2. The van der Waals surface area contributed by atoms with Crippen molar-refractivity contribution in [2.75, 3.05) is 0 Å². The van der Waals surface area contributed by atoms with Crippen molar-refractivity contribution in [1.29, 1.82) is 0 Å². The Kier molecular flexibility index (Phi) is 10.0. The summed E-state index contributed by atoms with van der Waals surface area (Å²) in [7, 11) is 4.29. The van der Waals surface area contributed by atoms with Crippen molar-refractivity contribution in [3.63, 3.8) is 0 Å². The molecule has 0 N–H and O–H groups in total. The van der Waals surface area contributed by atoms with Gasteiger partial charge in [-0.2, -0.15) is 0 Å². The van der Waals surface area contributed by atoms with E-state index >= 15 is 0 Å². The third-order valence-corrected chi connectivity index (χ3v) is 9.81. The summed E-state index contributed by atoms with van der Waals surface area (Å²) in [5, 5.41) is 5.32. The maximum Gasteiger partial charge on any atom is 0.220 e. The van der Waals surface area contributed by atoms with E-state index in [1.807, 2.05) is 0 Å². The van der Waals surface area contributed by atoms with Crippen LogP contribution < -0.4 is 9.13 Å². The Morgan fingerprint density at radius 1 is 0.532 bits per heavy atom. The number of aromatic nitrogens is 2. The molecule has 6 rings (SSSR count). The molecule has 0 aliphatic rings. The van der Waals surface area contributed by atoms with Crippen molar-refractivity contribution >= 4 is 21.5 Å². The molecule has 4 aromatic carbocycles. The van der Waals surface area contributed by atoms with E-state index in [1.54, 1.807) is 0 Å². The van der Waals surface area contributed by atoms with E-state index in [-0.39, 0.29) is 0 Å². The van der Waals surface area contributed by atoms with E-state index in [1.165, 1.54) is 88.6 Å². The van der Waals surface area contributed by atoms with Crippen LogP contribution in [0.25, 0.3) is 44.1 Å². The van der Waals surface area contributed by atoms with Crippen molar-refractivity contribution in [2.24, 2.45) is 20.0 Å². The summed E-state index contributed by atoms with van der Waals surface area (Å²) in [6, 6.07) is 27.5. The molecular weight excluding hydrogens is 569 g/mol. The second kappa shape index (κ2) is 13.8. The minimum atomic E-state index is 0.555. The number of hydrogen-bond donors (Lipinski definition) is 0. The van der Waals surface area contributed by atoms with Gasteiger partial charge in [-0.1, -0.05) is 75.2 Å². The first-order valence-electron chi connectivity index (χ1n) is 17.2. The Hall–Kier alpha value is -4.30. The lowest BCUT2D eigenvalue weighted by atomic mass is 9.93. The average molecular weight is 623 g/mol. The molecule has 0 saturated carbocycles. The molecule has 2 nitrogen and oxygen atoms in total. The molecule has 2 aromatic heterocycles. The fourth-order valence-corrected chi connectivity index (χ4v) is 7.01. The normalized spacial score (nSPS) is 11.4. The van der Waals surface area contributed by atoms with Gasteiger partial charge in [-0.15, -0.1) is 0 Å². The number of nitrogens with zero attached hydrogens (tertiary/aromatic N) is 2. The van der Waals surface area contributed by atoms with Crippen LogP contribution in [0.1, 0.15) is 78.1 Å². The minimum absolute atomic E-state index is 0.555. The summed E-state index contributed by atoms with van der Waals surface area (Å²) in [6.07, 6.45) is 5.50. The molecule has 6 aromatic rings. The lowest BCUT2D eigenvalue weighted by Gasteiger charge is -2.12. The van der Waals surface area contributed by atoms with Crippen molar-refractivity contribution in [3.05, 3.63) is 130 Å². The van der Waals surface area contributed by atoms with Crippen LogP contribution in [0.4, 0.5) is 0 Å². The van der Waals surface area contributed by atoms with E-state index in [2.05, 4.69) is 178 Å². The van der Waals surface area contributed by atoms with Crippen molar-refractivity contribution in [1.82, 2.24) is 0 Å². The Morgan fingerprint density at radius 3 is 1.47 bits per heavy atom. The predicted octanol–water partition coefficient (Wildman–Crippen LogP) is 10.8. The average Bonchev–Trinajstić information content (AvgIpc) is 3.01. The molecule has 0 saturated heterocycles. The Balaban J connectivity index is 0.000000185. The Morgan fingerprint density at radius 2 is 1.00 bits per heavy atom. The Bertz CT molecular complexity index is 2100. The molecule has 2 heteroatoms. The first kappa shape index (κ1) is 34.0. The van der Waals surface area contributed by atoms with Gasteiger partial charge in [0.05, 0.1) is 21.9 Å². The maximum absolute atomic E-state index is 2.36. The molecule has 0 aliphatic heterocycles. The summed E-state index contributed by atoms with van der Waals surface area (Å²) < 4.78 is 4.50. The predicted molar refractivity (Wildman–Crippen MR) is 202 cm³/mol. The first-order valence-corrected chi connectivity index (χ1v) is 17.2. The van der Waals surface area contributed by atoms with Crippen molar-refractivity contribution in [3.8, 4) is 22.5 Å². The SMILES string of the molecule is Cc1cc(C)c(C)c(-c2c3ccc(C(C)C)cc3cc[n+]2C)c1.Cc1cc(C)c(C)c(-c2c3ccc(CC(C)C)cc3cc[n+]2C)c1. The molecule has 47 heavy (non-hydrogen) atoms. The maximum atomic E-state index is 2.36. The van der Waals surface area contributed by atoms with E-state index in [9.17, 15) is 0 Å². The monoisotopic (exact) mass is 622 g/mol. The van der Waals surface area contributed by atoms with Crippen molar-refractivity contribution in [2.45, 2.75) is 81.6 Å². The van der Waals surface area contributed by atoms with Crippen LogP contribution in [0.5, 0.6) is 0 Å². The fourth-order valence-electron chi connectivity index (χ4n) is 7.01. The second-order valence-corrected chi connectivity index (χ2v) is 14.6. The number of pyridine rings is 2. The van der Waals surface area contributed by atoms with E-state index < -0.39 is 0 Å². The highest BCUT2D eigenvalue weighted by molar-refractivity contribution is 5.95. The molecule has 0 radical (unpaired) electrons.